The number of thiazole rings is 1. The monoisotopic (exact) mass is 455 g/mol. The third kappa shape index (κ3) is 3.85. The predicted molar refractivity (Wildman–Crippen MR) is 127 cm³/mol. The normalized spacial score (nSPS) is 12.7. The summed E-state index contributed by atoms with van der Waals surface area (Å²) in [7, 11) is 0. The van der Waals surface area contributed by atoms with Gasteiger partial charge in [0.1, 0.15) is 10.7 Å². The lowest BCUT2D eigenvalue weighted by atomic mass is 10.1. The largest absolute Gasteiger partial charge is 0.349 e. The second-order valence-electron chi connectivity index (χ2n) is 7.77. The van der Waals surface area contributed by atoms with Crippen molar-refractivity contribution in [2.45, 2.75) is 26.8 Å². The van der Waals surface area contributed by atoms with Crippen LogP contribution in [0, 0.1) is 25.2 Å². The first-order chi connectivity index (χ1) is 16.0. The molecule has 0 fully saturated rings. The third-order valence-electron chi connectivity index (χ3n) is 5.73. The van der Waals surface area contributed by atoms with E-state index in [-0.39, 0.29) is 5.91 Å². The fraction of sp³-hybridized carbons (Fsp3) is 0.208. The molecule has 1 aromatic carbocycles. The summed E-state index contributed by atoms with van der Waals surface area (Å²) < 4.78 is 2.07. The van der Waals surface area contributed by atoms with Crippen molar-refractivity contribution >= 4 is 28.9 Å². The Morgan fingerprint density at radius 3 is 2.76 bits per heavy atom. The summed E-state index contributed by atoms with van der Waals surface area (Å²) in [6.07, 6.45) is 2.05. The SMILES string of the molecule is Cc1c(-c2ccnc(Nc3ccc(-c4csc(CC#N)n4)cc3)n2)c(C)n2c1C(=O)NCC2. The minimum absolute atomic E-state index is 0.0412. The van der Waals surface area contributed by atoms with Crippen LogP contribution in [0.25, 0.3) is 22.5 Å². The van der Waals surface area contributed by atoms with Gasteiger partial charge in [-0.05, 0) is 37.6 Å². The van der Waals surface area contributed by atoms with Crippen LogP contribution in [0.2, 0.25) is 0 Å². The molecule has 0 spiro atoms. The van der Waals surface area contributed by atoms with Gasteiger partial charge < -0.3 is 15.2 Å². The zero-order valence-corrected chi connectivity index (χ0v) is 19.0. The standard InChI is InChI=1S/C24H21N7OS/c1-14-21(15(2)31-12-11-26-23(32)22(14)31)18-8-10-27-24(30-18)28-17-5-3-16(4-6-17)19-13-33-20(29-19)7-9-25/h3-6,8,10,13H,7,11-12H2,1-2H3,(H,26,32)(H,27,28,30). The minimum Gasteiger partial charge on any atom is -0.349 e. The van der Waals surface area contributed by atoms with E-state index in [1.54, 1.807) is 6.20 Å². The van der Waals surface area contributed by atoms with Crippen LogP contribution in [0.15, 0.2) is 41.9 Å². The lowest BCUT2D eigenvalue weighted by Crippen LogP contribution is -2.35. The van der Waals surface area contributed by atoms with Crippen molar-refractivity contribution in [1.29, 1.82) is 5.26 Å². The van der Waals surface area contributed by atoms with Crippen molar-refractivity contribution in [1.82, 2.24) is 24.8 Å². The highest BCUT2D eigenvalue weighted by atomic mass is 32.1. The van der Waals surface area contributed by atoms with Crippen LogP contribution in [-0.4, -0.2) is 32.0 Å². The quantitative estimate of drug-likeness (QED) is 0.466. The molecule has 9 heteroatoms. The number of anilines is 2. The average molecular weight is 456 g/mol. The topological polar surface area (TPSA) is 109 Å². The molecule has 2 N–H and O–H groups in total. The lowest BCUT2D eigenvalue weighted by molar-refractivity contribution is 0.0926. The second-order valence-corrected chi connectivity index (χ2v) is 8.71. The van der Waals surface area contributed by atoms with Crippen molar-refractivity contribution in [2.24, 2.45) is 0 Å². The zero-order valence-electron chi connectivity index (χ0n) is 18.2. The van der Waals surface area contributed by atoms with E-state index in [0.29, 0.717) is 24.6 Å². The minimum atomic E-state index is -0.0412. The number of aromatic nitrogens is 4. The van der Waals surface area contributed by atoms with Crippen molar-refractivity contribution in [2.75, 3.05) is 11.9 Å². The van der Waals surface area contributed by atoms with E-state index in [9.17, 15) is 4.79 Å². The van der Waals surface area contributed by atoms with E-state index in [1.165, 1.54) is 11.3 Å². The maximum Gasteiger partial charge on any atom is 0.268 e. The molecule has 0 radical (unpaired) electrons. The Labute approximate surface area is 195 Å². The average Bonchev–Trinajstić information content (AvgIpc) is 3.38. The Kier molecular flexibility index (Phi) is 5.36. The highest BCUT2D eigenvalue weighted by molar-refractivity contribution is 7.10. The van der Waals surface area contributed by atoms with Gasteiger partial charge in [0.2, 0.25) is 5.95 Å². The van der Waals surface area contributed by atoms with Crippen LogP contribution < -0.4 is 10.6 Å². The first-order valence-corrected chi connectivity index (χ1v) is 11.4. The smallest absolute Gasteiger partial charge is 0.268 e. The van der Waals surface area contributed by atoms with Gasteiger partial charge >= 0.3 is 0 Å². The summed E-state index contributed by atoms with van der Waals surface area (Å²) in [6.45, 7) is 5.38. The van der Waals surface area contributed by atoms with Gasteiger partial charge in [-0.2, -0.15) is 5.26 Å². The van der Waals surface area contributed by atoms with Crippen molar-refractivity contribution < 1.29 is 4.79 Å². The molecule has 1 aliphatic rings. The Balaban J connectivity index is 1.40. The Morgan fingerprint density at radius 1 is 1.18 bits per heavy atom. The Bertz CT molecular complexity index is 1400. The maximum atomic E-state index is 12.4. The highest BCUT2D eigenvalue weighted by Crippen LogP contribution is 2.32. The fourth-order valence-corrected chi connectivity index (χ4v) is 4.95. The number of nitrogens with one attached hydrogen (secondary N) is 2. The number of rotatable bonds is 5. The number of hydrogen-bond donors (Lipinski definition) is 2. The van der Waals surface area contributed by atoms with Gasteiger partial charge in [0.05, 0.1) is 23.9 Å². The summed E-state index contributed by atoms with van der Waals surface area (Å²) in [5, 5.41) is 17.8. The van der Waals surface area contributed by atoms with Crippen LogP contribution in [0.5, 0.6) is 0 Å². The van der Waals surface area contributed by atoms with E-state index in [0.717, 1.165) is 51.0 Å². The van der Waals surface area contributed by atoms with E-state index in [4.69, 9.17) is 10.2 Å². The summed E-state index contributed by atoms with van der Waals surface area (Å²) in [4.78, 5) is 26.0. The molecular weight excluding hydrogens is 434 g/mol. The Hall–Kier alpha value is -4.03. The van der Waals surface area contributed by atoms with Gasteiger partial charge in [-0.25, -0.2) is 15.0 Å². The van der Waals surface area contributed by atoms with Crippen molar-refractivity contribution in [3.05, 3.63) is 63.9 Å². The summed E-state index contributed by atoms with van der Waals surface area (Å²) in [5.74, 6) is 0.443. The molecule has 4 heterocycles. The zero-order chi connectivity index (χ0) is 22.9. The van der Waals surface area contributed by atoms with Crippen LogP contribution in [0.1, 0.15) is 26.8 Å². The number of hydrogen-bond acceptors (Lipinski definition) is 7. The number of nitrogens with zero attached hydrogens (tertiary/aromatic N) is 5. The number of fused-ring (bicyclic) bond motifs is 1. The van der Waals surface area contributed by atoms with Gasteiger partial charge in [0.15, 0.2) is 0 Å². The fourth-order valence-electron chi connectivity index (χ4n) is 4.21. The summed E-state index contributed by atoms with van der Waals surface area (Å²) >= 11 is 1.49. The van der Waals surface area contributed by atoms with Crippen LogP contribution in [0.3, 0.4) is 0 Å². The van der Waals surface area contributed by atoms with Crippen LogP contribution in [-0.2, 0) is 13.0 Å². The predicted octanol–water partition coefficient (Wildman–Crippen LogP) is 4.24. The van der Waals surface area contributed by atoms with Gasteiger partial charge in [-0.15, -0.1) is 11.3 Å². The van der Waals surface area contributed by atoms with Gasteiger partial charge in [0, 0.05) is 47.2 Å². The summed E-state index contributed by atoms with van der Waals surface area (Å²) in [6, 6.07) is 11.9. The molecule has 0 bridgehead atoms. The molecule has 33 heavy (non-hydrogen) atoms. The van der Waals surface area contributed by atoms with Gasteiger partial charge in [-0.3, -0.25) is 4.79 Å². The molecule has 0 atom stereocenters. The molecule has 164 valence electrons. The molecule has 0 saturated carbocycles. The molecule has 0 unspecified atom stereocenters. The summed E-state index contributed by atoms with van der Waals surface area (Å²) in [5.41, 5.74) is 7.12. The molecule has 0 aliphatic carbocycles. The maximum absolute atomic E-state index is 12.4. The van der Waals surface area contributed by atoms with E-state index in [1.807, 2.05) is 49.6 Å². The Morgan fingerprint density at radius 2 is 2.00 bits per heavy atom. The first kappa shape index (κ1) is 20.8. The number of nitriles is 1. The highest BCUT2D eigenvalue weighted by Gasteiger charge is 2.26. The van der Waals surface area contributed by atoms with Crippen LogP contribution in [0.4, 0.5) is 11.6 Å². The number of benzene rings is 1. The molecule has 4 aromatic rings. The molecule has 3 aromatic heterocycles. The first-order valence-electron chi connectivity index (χ1n) is 10.5. The molecule has 1 aliphatic heterocycles. The van der Waals surface area contributed by atoms with Crippen LogP contribution >= 0.6 is 11.3 Å². The second kappa shape index (κ2) is 8.48. The van der Waals surface area contributed by atoms with E-state index < -0.39 is 0 Å². The lowest BCUT2D eigenvalue weighted by Gasteiger charge is -2.17. The third-order valence-corrected chi connectivity index (χ3v) is 6.58. The van der Waals surface area contributed by atoms with Crippen molar-refractivity contribution in [3.63, 3.8) is 0 Å². The number of amides is 1. The molecule has 0 saturated heterocycles. The van der Waals surface area contributed by atoms with Gasteiger partial charge in [0.25, 0.3) is 5.91 Å². The van der Waals surface area contributed by atoms with Gasteiger partial charge in [-0.1, -0.05) is 12.1 Å². The molecule has 1 amide bonds. The molecule has 5 rings (SSSR count). The molecular formula is C24H21N7OS. The number of carbonyl (C=O) groups is 1. The van der Waals surface area contributed by atoms with E-state index in [2.05, 4.69) is 31.2 Å². The number of carbonyl (C=O) groups excluding carboxylic acids is 1. The van der Waals surface area contributed by atoms with E-state index >= 15 is 0 Å². The molecule has 8 nitrogen and oxygen atoms in total. The van der Waals surface area contributed by atoms with Crippen molar-refractivity contribution in [3.8, 4) is 28.6 Å².